The van der Waals surface area contributed by atoms with E-state index in [-0.39, 0.29) is 56.3 Å². The summed E-state index contributed by atoms with van der Waals surface area (Å²) in [5, 5.41) is 12.4. The molecule has 186 valence electrons. The SMILES string of the molecule is C[C@@H](Cc1c[nH]c2ccc(OC(=O)Nc3ccc(F)c(F)c3)cc12)C(=O)N1CCC[C@H]1C#N.S.S. The number of carbonyl (C=O) groups excluding carboxylic acids is 2. The zero-order chi connectivity index (χ0) is 23.5. The second-order valence-electron chi connectivity index (χ2n) is 8.09. The Labute approximate surface area is 215 Å². The molecule has 0 unspecified atom stereocenters. The number of nitrogens with one attached hydrogen (secondary N) is 2. The van der Waals surface area contributed by atoms with Crippen molar-refractivity contribution in [3.05, 3.63) is 59.8 Å². The zero-order valence-electron chi connectivity index (χ0n) is 18.9. The van der Waals surface area contributed by atoms with Crippen LogP contribution in [0.1, 0.15) is 25.3 Å². The maximum atomic E-state index is 13.3. The van der Waals surface area contributed by atoms with Crippen LogP contribution in [0, 0.1) is 28.9 Å². The summed E-state index contributed by atoms with van der Waals surface area (Å²) in [6, 6.07) is 9.85. The number of rotatable bonds is 5. The molecule has 0 bridgehead atoms. The average molecular weight is 521 g/mol. The Morgan fingerprint density at radius 2 is 2.00 bits per heavy atom. The molecule has 0 radical (unpaired) electrons. The van der Waals surface area contributed by atoms with Crippen LogP contribution >= 0.6 is 27.0 Å². The Hall–Kier alpha value is -3.23. The van der Waals surface area contributed by atoms with Gasteiger partial charge in [-0.05, 0) is 55.2 Å². The first-order valence-corrected chi connectivity index (χ1v) is 10.6. The van der Waals surface area contributed by atoms with Gasteiger partial charge in [-0.3, -0.25) is 10.1 Å². The first-order valence-electron chi connectivity index (χ1n) is 10.6. The van der Waals surface area contributed by atoms with Gasteiger partial charge in [-0.25, -0.2) is 13.6 Å². The molecule has 0 spiro atoms. The molecule has 0 aliphatic carbocycles. The van der Waals surface area contributed by atoms with E-state index in [1.165, 1.54) is 6.07 Å². The maximum Gasteiger partial charge on any atom is 0.417 e. The lowest BCUT2D eigenvalue weighted by atomic mass is 9.99. The van der Waals surface area contributed by atoms with E-state index < -0.39 is 17.7 Å². The number of aromatic nitrogens is 1. The molecular weight excluding hydrogens is 494 g/mol. The number of benzene rings is 2. The number of halogens is 2. The highest BCUT2D eigenvalue weighted by molar-refractivity contribution is 7.59. The summed E-state index contributed by atoms with van der Waals surface area (Å²) < 4.78 is 31.7. The van der Waals surface area contributed by atoms with Gasteiger partial charge in [0.25, 0.3) is 0 Å². The monoisotopic (exact) mass is 520 g/mol. The van der Waals surface area contributed by atoms with Crippen molar-refractivity contribution in [3.63, 3.8) is 0 Å². The Balaban J connectivity index is 0.00000216. The number of H-pyrrole nitrogens is 1. The van der Waals surface area contributed by atoms with E-state index in [1.54, 1.807) is 23.1 Å². The van der Waals surface area contributed by atoms with Crippen LogP contribution in [0.15, 0.2) is 42.6 Å². The Morgan fingerprint density at radius 1 is 1.23 bits per heavy atom. The van der Waals surface area contributed by atoms with Crippen LogP contribution in [-0.4, -0.2) is 34.5 Å². The normalized spacial score (nSPS) is 15.5. The van der Waals surface area contributed by atoms with Crippen molar-refractivity contribution in [1.82, 2.24) is 9.88 Å². The van der Waals surface area contributed by atoms with Crippen LogP contribution < -0.4 is 10.1 Å². The highest BCUT2D eigenvalue weighted by atomic mass is 32.1. The summed E-state index contributed by atoms with van der Waals surface area (Å²) in [6.45, 7) is 2.43. The summed E-state index contributed by atoms with van der Waals surface area (Å²) in [4.78, 5) is 29.8. The predicted octanol–water partition coefficient (Wildman–Crippen LogP) is 4.98. The van der Waals surface area contributed by atoms with Crippen molar-refractivity contribution in [2.75, 3.05) is 11.9 Å². The number of ether oxygens (including phenoxy) is 1. The molecule has 2 N–H and O–H groups in total. The number of anilines is 1. The van der Waals surface area contributed by atoms with Gasteiger partial charge in [0.15, 0.2) is 11.6 Å². The fourth-order valence-electron chi connectivity index (χ4n) is 4.08. The van der Waals surface area contributed by atoms with Crippen molar-refractivity contribution in [2.24, 2.45) is 5.92 Å². The van der Waals surface area contributed by atoms with E-state index in [0.29, 0.717) is 19.4 Å². The molecule has 1 aliphatic rings. The second kappa shape index (κ2) is 12.0. The van der Waals surface area contributed by atoms with E-state index in [2.05, 4.69) is 16.4 Å². The standard InChI is InChI=1S/C24H22F2N4O3.2H2S/c1-14(23(31)30-8-2-3-17(30)12-27)9-15-13-28-22-7-5-18(11-19(15)22)33-24(32)29-16-4-6-20(25)21(26)10-16;;/h4-7,10-11,13-14,17,28H,2-3,8-9H2,1H3,(H,29,32);2*1H2/t14-,17-;;/m0../s1. The van der Waals surface area contributed by atoms with Crippen LogP contribution in [0.3, 0.4) is 0 Å². The van der Waals surface area contributed by atoms with E-state index >= 15 is 0 Å². The molecule has 0 saturated carbocycles. The number of likely N-dealkylation sites (tertiary alicyclic amines) is 1. The highest BCUT2D eigenvalue weighted by Crippen LogP contribution is 2.27. The number of fused-ring (bicyclic) bond motifs is 1. The van der Waals surface area contributed by atoms with Crippen LogP contribution in [0.4, 0.5) is 19.3 Å². The third kappa shape index (κ3) is 6.26. The molecule has 2 heterocycles. The third-order valence-corrected chi connectivity index (χ3v) is 5.75. The summed E-state index contributed by atoms with van der Waals surface area (Å²) in [5.41, 5.74) is 1.76. The van der Waals surface area contributed by atoms with Crippen molar-refractivity contribution < 1.29 is 23.1 Å². The molecular formula is C24H26F2N4O3S2. The van der Waals surface area contributed by atoms with Crippen molar-refractivity contribution >= 4 is 55.6 Å². The van der Waals surface area contributed by atoms with Gasteiger partial charge >= 0.3 is 6.09 Å². The van der Waals surface area contributed by atoms with E-state index in [0.717, 1.165) is 35.0 Å². The summed E-state index contributed by atoms with van der Waals surface area (Å²) in [6.07, 6.45) is 2.95. The van der Waals surface area contributed by atoms with Gasteiger partial charge in [0.2, 0.25) is 5.91 Å². The quantitative estimate of drug-likeness (QED) is 0.496. The fourth-order valence-corrected chi connectivity index (χ4v) is 4.08. The van der Waals surface area contributed by atoms with Gasteiger partial charge in [-0.1, -0.05) is 6.92 Å². The number of nitrogens with zero attached hydrogens (tertiary/aromatic N) is 2. The number of carbonyl (C=O) groups is 2. The lowest BCUT2D eigenvalue weighted by molar-refractivity contribution is -0.134. The molecule has 11 heteroatoms. The van der Waals surface area contributed by atoms with Crippen LogP contribution in [0.2, 0.25) is 0 Å². The fraction of sp³-hybridized carbons (Fsp3) is 0.292. The number of nitriles is 1. The molecule has 1 fully saturated rings. The predicted molar refractivity (Wildman–Crippen MR) is 138 cm³/mol. The zero-order valence-corrected chi connectivity index (χ0v) is 20.9. The number of hydrogen-bond acceptors (Lipinski definition) is 4. The Bertz CT molecular complexity index is 1260. The van der Waals surface area contributed by atoms with E-state index in [4.69, 9.17) is 4.74 Å². The number of amides is 2. The maximum absolute atomic E-state index is 13.3. The van der Waals surface area contributed by atoms with Crippen molar-refractivity contribution in [1.29, 1.82) is 5.26 Å². The van der Waals surface area contributed by atoms with Crippen molar-refractivity contribution in [3.8, 4) is 11.8 Å². The molecule has 1 aromatic heterocycles. The molecule has 2 atom stereocenters. The molecule has 1 saturated heterocycles. The number of aromatic amines is 1. The van der Waals surface area contributed by atoms with Gasteiger partial charge in [0.1, 0.15) is 11.8 Å². The highest BCUT2D eigenvalue weighted by Gasteiger charge is 2.31. The molecule has 2 amide bonds. The average Bonchev–Trinajstić information content (AvgIpc) is 3.42. The first-order chi connectivity index (χ1) is 15.9. The lowest BCUT2D eigenvalue weighted by Crippen LogP contribution is -2.38. The second-order valence-corrected chi connectivity index (χ2v) is 8.09. The van der Waals surface area contributed by atoms with Gasteiger partial charge < -0.3 is 14.6 Å². The Morgan fingerprint density at radius 3 is 2.71 bits per heavy atom. The minimum Gasteiger partial charge on any atom is -0.410 e. The van der Waals surface area contributed by atoms with Crippen LogP contribution in [0.25, 0.3) is 10.9 Å². The van der Waals surface area contributed by atoms with E-state index in [9.17, 15) is 23.6 Å². The molecule has 4 rings (SSSR count). The largest absolute Gasteiger partial charge is 0.417 e. The Kier molecular flexibility index (Phi) is 9.56. The summed E-state index contributed by atoms with van der Waals surface area (Å²) >= 11 is 0. The van der Waals surface area contributed by atoms with Crippen LogP contribution in [-0.2, 0) is 11.2 Å². The van der Waals surface area contributed by atoms with Gasteiger partial charge in [0.05, 0.1) is 6.07 Å². The smallest absolute Gasteiger partial charge is 0.410 e. The molecule has 1 aliphatic heterocycles. The molecule has 35 heavy (non-hydrogen) atoms. The van der Waals surface area contributed by atoms with Crippen LogP contribution in [0.5, 0.6) is 5.75 Å². The topological polar surface area (TPSA) is 98.2 Å². The summed E-state index contributed by atoms with van der Waals surface area (Å²) in [5.74, 6) is -2.21. The number of hydrogen-bond donors (Lipinski definition) is 2. The lowest BCUT2D eigenvalue weighted by Gasteiger charge is -2.23. The van der Waals surface area contributed by atoms with E-state index in [1.807, 2.05) is 13.1 Å². The van der Waals surface area contributed by atoms with Gasteiger partial charge in [-0.2, -0.15) is 32.3 Å². The first kappa shape index (κ1) is 28.0. The van der Waals surface area contributed by atoms with Gasteiger partial charge in [0, 0.05) is 41.3 Å². The van der Waals surface area contributed by atoms with Gasteiger partial charge in [-0.15, -0.1) is 0 Å². The third-order valence-electron chi connectivity index (χ3n) is 5.75. The molecule has 3 aromatic rings. The minimum absolute atomic E-state index is 0. The van der Waals surface area contributed by atoms with Crippen molar-refractivity contribution in [2.45, 2.75) is 32.2 Å². The summed E-state index contributed by atoms with van der Waals surface area (Å²) in [7, 11) is 0. The molecule has 2 aromatic carbocycles. The molecule has 7 nitrogen and oxygen atoms in total. The minimum atomic E-state index is -1.08.